The summed E-state index contributed by atoms with van der Waals surface area (Å²) in [7, 11) is 0. The number of rotatable bonds is 1. The summed E-state index contributed by atoms with van der Waals surface area (Å²) in [4.78, 5) is 2.09. The summed E-state index contributed by atoms with van der Waals surface area (Å²) in [5, 5.41) is 12.4. The fourth-order valence-electron chi connectivity index (χ4n) is 3.11. The van der Waals surface area contributed by atoms with Gasteiger partial charge in [0.05, 0.1) is 15.7 Å². The lowest BCUT2D eigenvalue weighted by atomic mass is 9.94. The molecule has 0 unspecified atom stereocenters. The van der Waals surface area contributed by atoms with Gasteiger partial charge < -0.3 is 10.2 Å². The number of nitrogens with zero attached hydrogens (tertiary/aromatic N) is 2. The molecule has 0 aromatic heterocycles. The molecule has 0 radical (unpaired) electrons. The summed E-state index contributed by atoms with van der Waals surface area (Å²) in [6.07, 6.45) is 2.42. The van der Waals surface area contributed by atoms with E-state index in [4.69, 9.17) is 5.26 Å². The van der Waals surface area contributed by atoms with Gasteiger partial charge in [-0.25, -0.2) is 4.39 Å². The molecule has 0 bridgehead atoms. The number of nitrogens with one attached hydrogen (secondary N) is 1. The van der Waals surface area contributed by atoms with Gasteiger partial charge in [-0.2, -0.15) is 5.26 Å². The maximum atomic E-state index is 14.3. The molecule has 0 saturated carbocycles. The first-order chi connectivity index (χ1) is 9.20. The van der Waals surface area contributed by atoms with E-state index in [0.29, 0.717) is 23.2 Å². The molecule has 1 aromatic rings. The van der Waals surface area contributed by atoms with Gasteiger partial charge in [-0.05, 0) is 53.4 Å². The maximum Gasteiger partial charge on any atom is 0.161 e. The number of benzene rings is 1. The minimum absolute atomic E-state index is 0.273. The van der Waals surface area contributed by atoms with E-state index in [1.165, 1.54) is 12.8 Å². The average Bonchev–Trinajstić information content (AvgIpc) is 2.85. The van der Waals surface area contributed by atoms with Gasteiger partial charge in [-0.1, -0.05) is 0 Å². The van der Waals surface area contributed by atoms with Gasteiger partial charge in [0.1, 0.15) is 6.07 Å². The Hall–Kier alpha value is -1.12. The molecule has 2 fully saturated rings. The third-order valence-corrected chi connectivity index (χ3v) is 4.90. The van der Waals surface area contributed by atoms with Gasteiger partial charge in [-0.3, -0.25) is 0 Å². The third kappa shape index (κ3) is 2.24. The predicted molar refractivity (Wildman–Crippen MR) is 75.5 cm³/mol. The van der Waals surface area contributed by atoms with E-state index in [1.807, 2.05) is 6.07 Å². The number of anilines is 1. The summed E-state index contributed by atoms with van der Waals surface area (Å²) in [5.41, 5.74) is 0.943. The van der Waals surface area contributed by atoms with Gasteiger partial charge >= 0.3 is 0 Å². The topological polar surface area (TPSA) is 39.1 Å². The Morgan fingerprint density at radius 1 is 1.42 bits per heavy atom. The Labute approximate surface area is 120 Å². The first-order valence-corrected chi connectivity index (χ1v) is 7.36. The van der Waals surface area contributed by atoms with Crippen molar-refractivity contribution in [1.82, 2.24) is 5.32 Å². The van der Waals surface area contributed by atoms with Gasteiger partial charge in [-0.15, -0.1) is 0 Å². The molecule has 2 saturated heterocycles. The Balaban J connectivity index is 1.88. The molecule has 2 atom stereocenters. The van der Waals surface area contributed by atoms with Gasteiger partial charge in [0.2, 0.25) is 0 Å². The van der Waals surface area contributed by atoms with Crippen LogP contribution in [0.3, 0.4) is 0 Å². The fraction of sp³-hybridized carbons (Fsp3) is 0.500. The zero-order valence-corrected chi connectivity index (χ0v) is 12.1. The SMILES string of the molecule is N#Cc1ccc(N2C[C@@H]3CCCN[C@@H]3C2)c(F)c1Br. The first kappa shape index (κ1) is 12.9. The second kappa shape index (κ2) is 5.10. The van der Waals surface area contributed by atoms with Crippen LogP contribution in [-0.4, -0.2) is 25.7 Å². The van der Waals surface area contributed by atoms with Crippen LogP contribution in [-0.2, 0) is 0 Å². The number of hydrogen-bond acceptors (Lipinski definition) is 3. The average molecular weight is 324 g/mol. The van der Waals surface area contributed by atoms with Crippen LogP contribution in [0.1, 0.15) is 18.4 Å². The van der Waals surface area contributed by atoms with Crippen LogP contribution in [0.25, 0.3) is 0 Å². The van der Waals surface area contributed by atoms with E-state index in [9.17, 15) is 4.39 Å². The zero-order valence-electron chi connectivity index (χ0n) is 10.5. The molecule has 2 aliphatic rings. The van der Waals surface area contributed by atoms with Crippen LogP contribution in [0.5, 0.6) is 0 Å². The standard InChI is InChI=1S/C14H15BrFN3/c15-13-9(6-17)3-4-12(14(13)16)19-7-10-2-1-5-18-11(10)8-19/h3-4,10-11,18H,1-2,5,7-8H2/t10-,11+/m0/s1. The highest BCUT2D eigenvalue weighted by molar-refractivity contribution is 9.10. The van der Waals surface area contributed by atoms with Crippen molar-refractivity contribution in [3.8, 4) is 6.07 Å². The quantitative estimate of drug-likeness (QED) is 0.863. The summed E-state index contributed by atoms with van der Waals surface area (Å²) in [6, 6.07) is 5.86. The Morgan fingerprint density at radius 2 is 2.26 bits per heavy atom. The molecule has 3 nitrogen and oxygen atoms in total. The number of piperidine rings is 1. The number of nitriles is 1. The smallest absolute Gasteiger partial charge is 0.161 e. The summed E-state index contributed by atoms with van der Waals surface area (Å²) in [6.45, 7) is 2.81. The number of fused-ring (bicyclic) bond motifs is 1. The normalized spacial score (nSPS) is 26.1. The second-order valence-corrected chi connectivity index (χ2v) is 6.03. The molecule has 0 amide bonds. The van der Waals surface area contributed by atoms with E-state index in [-0.39, 0.29) is 10.3 Å². The Kier molecular flexibility index (Phi) is 3.46. The van der Waals surface area contributed by atoms with E-state index < -0.39 is 0 Å². The monoisotopic (exact) mass is 323 g/mol. The molecule has 2 heterocycles. The van der Waals surface area contributed by atoms with Gasteiger partial charge in [0.25, 0.3) is 0 Å². The largest absolute Gasteiger partial charge is 0.367 e. The van der Waals surface area contributed by atoms with E-state index in [1.54, 1.807) is 12.1 Å². The lowest BCUT2D eigenvalue weighted by Gasteiger charge is -2.24. The maximum absolute atomic E-state index is 14.3. The molecule has 0 spiro atoms. The fourth-order valence-corrected chi connectivity index (χ4v) is 3.54. The van der Waals surface area contributed by atoms with Crippen molar-refractivity contribution in [3.05, 3.63) is 28.0 Å². The summed E-state index contributed by atoms with van der Waals surface area (Å²) in [5.74, 6) is 0.292. The molecule has 2 aliphatic heterocycles. The molecule has 19 heavy (non-hydrogen) atoms. The van der Waals surface area contributed by atoms with Crippen molar-refractivity contribution in [2.75, 3.05) is 24.5 Å². The van der Waals surface area contributed by atoms with Crippen LogP contribution in [0.15, 0.2) is 16.6 Å². The molecule has 0 aliphatic carbocycles. The van der Waals surface area contributed by atoms with Crippen molar-refractivity contribution < 1.29 is 4.39 Å². The molecule has 1 N–H and O–H groups in total. The molecular weight excluding hydrogens is 309 g/mol. The zero-order chi connectivity index (χ0) is 13.4. The highest BCUT2D eigenvalue weighted by atomic mass is 79.9. The molecule has 3 rings (SSSR count). The highest BCUT2D eigenvalue weighted by Crippen LogP contribution is 2.34. The Morgan fingerprint density at radius 3 is 3.00 bits per heavy atom. The minimum atomic E-state index is -0.322. The van der Waals surface area contributed by atoms with Crippen LogP contribution in [0.4, 0.5) is 10.1 Å². The summed E-state index contributed by atoms with van der Waals surface area (Å²) >= 11 is 3.18. The highest BCUT2D eigenvalue weighted by Gasteiger charge is 2.35. The lowest BCUT2D eigenvalue weighted by Crippen LogP contribution is -2.40. The van der Waals surface area contributed by atoms with Crippen molar-refractivity contribution in [2.24, 2.45) is 5.92 Å². The van der Waals surface area contributed by atoms with E-state index >= 15 is 0 Å². The van der Waals surface area contributed by atoms with E-state index in [0.717, 1.165) is 19.6 Å². The second-order valence-electron chi connectivity index (χ2n) is 5.24. The van der Waals surface area contributed by atoms with Crippen LogP contribution in [0, 0.1) is 23.1 Å². The van der Waals surface area contributed by atoms with Crippen molar-refractivity contribution >= 4 is 21.6 Å². The van der Waals surface area contributed by atoms with Gasteiger partial charge in [0.15, 0.2) is 5.82 Å². The molecule has 100 valence electrons. The van der Waals surface area contributed by atoms with Gasteiger partial charge in [0, 0.05) is 19.1 Å². The summed E-state index contributed by atoms with van der Waals surface area (Å²) < 4.78 is 14.6. The lowest BCUT2D eigenvalue weighted by molar-refractivity contribution is 0.340. The molecule has 5 heteroatoms. The third-order valence-electron chi connectivity index (χ3n) is 4.12. The Bertz CT molecular complexity index is 526. The number of hydrogen-bond donors (Lipinski definition) is 1. The van der Waals surface area contributed by atoms with Crippen molar-refractivity contribution in [1.29, 1.82) is 5.26 Å². The molecular formula is C14H15BrFN3. The number of halogens is 2. The minimum Gasteiger partial charge on any atom is -0.367 e. The van der Waals surface area contributed by atoms with Crippen molar-refractivity contribution in [2.45, 2.75) is 18.9 Å². The van der Waals surface area contributed by atoms with E-state index in [2.05, 4.69) is 26.1 Å². The van der Waals surface area contributed by atoms with Crippen molar-refractivity contribution in [3.63, 3.8) is 0 Å². The first-order valence-electron chi connectivity index (χ1n) is 6.57. The van der Waals surface area contributed by atoms with Crippen LogP contribution >= 0.6 is 15.9 Å². The van der Waals surface area contributed by atoms with Crippen LogP contribution in [0.2, 0.25) is 0 Å². The van der Waals surface area contributed by atoms with Crippen LogP contribution < -0.4 is 10.2 Å². The molecule has 1 aromatic carbocycles. The predicted octanol–water partition coefficient (Wildman–Crippen LogP) is 2.65.